The molecule has 4 rings (SSSR count). The van der Waals surface area contributed by atoms with Crippen LogP contribution in [0.2, 0.25) is 0 Å². The molecule has 13 heteroatoms. The van der Waals surface area contributed by atoms with Gasteiger partial charge in [0.15, 0.2) is 15.4 Å². The molecule has 0 atom stereocenters. The van der Waals surface area contributed by atoms with Crippen LogP contribution in [0.4, 0.5) is 0 Å². The van der Waals surface area contributed by atoms with Crippen molar-refractivity contribution in [2.24, 2.45) is 19.3 Å². The van der Waals surface area contributed by atoms with E-state index in [1.807, 2.05) is 34.6 Å². The van der Waals surface area contributed by atoms with E-state index in [0.717, 1.165) is 5.82 Å². The van der Waals surface area contributed by atoms with Crippen LogP contribution in [0.15, 0.2) is 20.6 Å². The summed E-state index contributed by atoms with van der Waals surface area (Å²) in [6, 6.07) is 0. The van der Waals surface area contributed by atoms with Crippen LogP contribution < -0.4 is 5.69 Å². The highest BCUT2D eigenvalue weighted by atomic mass is 32.2. The van der Waals surface area contributed by atoms with Crippen molar-refractivity contribution < 1.29 is 22.7 Å². The molecule has 0 amide bonds. The van der Waals surface area contributed by atoms with Crippen LogP contribution in [-0.2, 0) is 38.2 Å². The van der Waals surface area contributed by atoms with Crippen molar-refractivity contribution in [1.82, 2.24) is 18.7 Å². The van der Waals surface area contributed by atoms with Crippen molar-refractivity contribution in [3.8, 4) is 0 Å². The Hall–Kier alpha value is -2.67. The smallest absolute Gasteiger partial charge is 0.345 e. The SMILES string of the molecule is CC1=C(C)S(=O)(=O)C(C)(C)C(C)(C)O1.CC1=NOC(C)(C)C(C)(C)O1.Cc1nn(C)c(=O)n1C.Cc1nsc(C)c1C. The molecule has 2 aromatic heterocycles. The van der Waals surface area contributed by atoms with Crippen molar-refractivity contribution in [3.63, 3.8) is 0 Å². The van der Waals surface area contributed by atoms with Gasteiger partial charge in [0.05, 0.1) is 10.6 Å². The van der Waals surface area contributed by atoms with Gasteiger partial charge in [-0.05, 0) is 114 Å². The Balaban J connectivity index is 0.000000286. The fourth-order valence-electron chi connectivity index (χ4n) is 3.48. The maximum Gasteiger partial charge on any atom is 0.345 e. The van der Waals surface area contributed by atoms with Crippen LogP contribution in [-0.4, -0.2) is 54.6 Å². The lowest BCUT2D eigenvalue weighted by Gasteiger charge is -2.45. The Morgan fingerprint density at radius 1 is 0.786 bits per heavy atom. The Morgan fingerprint density at radius 2 is 1.31 bits per heavy atom. The van der Waals surface area contributed by atoms with Crippen LogP contribution >= 0.6 is 11.5 Å². The molecule has 240 valence electrons. The van der Waals surface area contributed by atoms with Gasteiger partial charge in [-0.1, -0.05) is 5.16 Å². The summed E-state index contributed by atoms with van der Waals surface area (Å²) in [5.41, 5.74) is 1.09. The Morgan fingerprint density at radius 3 is 1.60 bits per heavy atom. The molecular weight excluding hydrogens is 578 g/mol. The number of ether oxygens (including phenoxy) is 2. The summed E-state index contributed by atoms with van der Waals surface area (Å²) < 4.78 is 41.5. The molecule has 0 saturated heterocycles. The second kappa shape index (κ2) is 12.9. The van der Waals surface area contributed by atoms with E-state index < -0.39 is 20.2 Å². The third kappa shape index (κ3) is 7.83. The summed E-state index contributed by atoms with van der Waals surface area (Å²) in [6.07, 6.45) is 0. The van der Waals surface area contributed by atoms with Crippen molar-refractivity contribution in [2.75, 3.05) is 0 Å². The Labute approximate surface area is 256 Å². The zero-order valence-corrected chi connectivity index (χ0v) is 30.1. The van der Waals surface area contributed by atoms with E-state index in [1.54, 1.807) is 81.0 Å². The van der Waals surface area contributed by atoms with E-state index >= 15 is 0 Å². The van der Waals surface area contributed by atoms with Gasteiger partial charge in [-0.3, -0.25) is 4.57 Å². The minimum Gasteiger partial charge on any atom is -0.490 e. The average molecular weight is 630 g/mol. The first-order chi connectivity index (χ1) is 18.7. The maximum atomic E-state index is 12.1. The van der Waals surface area contributed by atoms with Crippen LogP contribution in [0.25, 0.3) is 0 Å². The lowest BCUT2D eigenvalue weighted by Crippen LogP contribution is -2.55. The summed E-state index contributed by atoms with van der Waals surface area (Å²) in [5.74, 6) is 1.84. The van der Waals surface area contributed by atoms with Crippen molar-refractivity contribution in [3.05, 3.63) is 43.1 Å². The molecule has 0 bridgehead atoms. The van der Waals surface area contributed by atoms with E-state index in [0.29, 0.717) is 16.6 Å². The number of aryl methyl sites for hydroxylation is 4. The number of allylic oxidation sites excluding steroid dienone is 2. The van der Waals surface area contributed by atoms with E-state index in [9.17, 15) is 13.2 Å². The summed E-state index contributed by atoms with van der Waals surface area (Å²) >= 11 is 1.58. The second-order valence-corrected chi connectivity index (χ2v) is 16.1. The zero-order valence-electron chi connectivity index (χ0n) is 28.5. The third-order valence-corrected chi connectivity index (χ3v) is 12.3. The number of aromatic nitrogens is 4. The summed E-state index contributed by atoms with van der Waals surface area (Å²) in [7, 11) is 0.0914. The van der Waals surface area contributed by atoms with Gasteiger partial charge >= 0.3 is 5.69 Å². The lowest BCUT2D eigenvalue weighted by molar-refractivity contribution is -0.166. The van der Waals surface area contributed by atoms with Gasteiger partial charge in [-0.2, -0.15) is 9.47 Å². The van der Waals surface area contributed by atoms with Gasteiger partial charge in [0, 0.05) is 25.9 Å². The number of nitrogens with zero attached hydrogens (tertiary/aromatic N) is 5. The summed E-state index contributed by atoms with van der Waals surface area (Å²) in [4.78, 5) is 17.8. The van der Waals surface area contributed by atoms with Crippen LogP contribution in [0, 0.1) is 27.7 Å². The molecule has 0 saturated carbocycles. The molecule has 0 spiro atoms. The largest absolute Gasteiger partial charge is 0.490 e. The molecule has 0 N–H and O–H groups in total. The first-order valence-electron chi connectivity index (χ1n) is 13.7. The van der Waals surface area contributed by atoms with Crippen molar-refractivity contribution >= 4 is 27.3 Å². The van der Waals surface area contributed by atoms with Gasteiger partial charge < -0.3 is 14.3 Å². The highest BCUT2D eigenvalue weighted by Crippen LogP contribution is 2.43. The Bertz CT molecular complexity index is 1470. The highest BCUT2D eigenvalue weighted by molar-refractivity contribution is 7.96. The van der Waals surface area contributed by atoms with Gasteiger partial charge in [-0.15, -0.1) is 0 Å². The second-order valence-electron chi connectivity index (χ2n) is 12.5. The van der Waals surface area contributed by atoms with E-state index in [-0.39, 0.29) is 16.9 Å². The quantitative estimate of drug-likeness (QED) is 0.365. The molecule has 2 aliphatic rings. The van der Waals surface area contributed by atoms with Crippen LogP contribution in [0.1, 0.15) is 98.1 Å². The van der Waals surface area contributed by atoms with Gasteiger partial charge in [-0.25, -0.2) is 17.9 Å². The van der Waals surface area contributed by atoms with Gasteiger partial charge in [0.1, 0.15) is 27.5 Å². The van der Waals surface area contributed by atoms with Crippen LogP contribution in [0.5, 0.6) is 0 Å². The molecule has 42 heavy (non-hydrogen) atoms. The fourth-order valence-corrected chi connectivity index (χ4v) is 6.05. The zero-order chi connectivity index (χ0) is 33.2. The van der Waals surface area contributed by atoms with E-state index in [4.69, 9.17) is 14.3 Å². The molecule has 11 nitrogen and oxygen atoms in total. The minimum atomic E-state index is -3.24. The molecule has 0 aliphatic carbocycles. The number of rotatable bonds is 0. The molecule has 0 unspecified atom stereocenters. The molecular formula is C29H51N5O6S2. The summed E-state index contributed by atoms with van der Waals surface area (Å²) in [5, 5.41) is 7.65. The molecule has 0 radical (unpaired) electrons. The van der Waals surface area contributed by atoms with Gasteiger partial charge in [0.2, 0.25) is 5.90 Å². The van der Waals surface area contributed by atoms with Gasteiger partial charge in [0.25, 0.3) is 0 Å². The van der Waals surface area contributed by atoms with E-state index in [1.165, 1.54) is 25.4 Å². The third-order valence-electron chi connectivity index (χ3n) is 8.42. The monoisotopic (exact) mass is 629 g/mol. The first-order valence-corrected chi connectivity index (χ1v) is 16.0. The molecule has 0 fully saturated rings. The predicted molar refractivity (Wildman–Crippen MR) is 169 cm³/mol. The maximum absolute atomic E-state index is 12.1. The first kappa shape index (κ1) is 37.4. The number of hydrogen-bond acceptors (Lipinski definition) is 10. The number of sulfone groups is 1. The summed E-state index contributed by atoms with van der Waals surface area (Å²) in [6.45, 7) is 28.1. The fraction of sp³-hybridized carbons (Fsp3) is 0.724. The molecule has 4 heterocycles. The molecule has 2 aliphatic heterocycles. The lowest BCUT2D eigenvalue weighted by atomic mass is 9.89. The minimum absolute atomic E-state index is 0.0764. The predicted octanol–water partition coefficient (Wildman–Crippen LogP) is 5.66. The van der Waals surface area contributed by atoms with E-state index in [2.05, 4.69) is 28.5 Å². The molecule has 2 aromatic rings. The topological polar surface area (TPSA) is 127 Å². The van der Waals surface area contributed by atoms with Crippen molar-refractivity contribution in [2.45, 2.75) is 125 Å². The average Bonchev–Trinajstić information content (AvgIpc) is 3.27. The highest BCUT2D eigenvalue weighted by Gasteiger charge is 2.53. The normalized spacial score (nSPS) is 20.5. The van der Waals surface area contributed by atoms with Crippen molar-refractivity contribution in [1.29, 1.82) is 0 Å². The molecule has 0 aromatic carbocycles. The number of hydrogen-bond donors (Lipinski definition) is 0. The Kier molecular flexibility index (Phi) is 11.5. The standard InChI is InChI=1S/C10H18O3S.C8H15NO2.C6H9NS.C5H9N3O/c1-7-8(2)14(11,12)10(5,6)9(3,4)13-7;1-6-9-11-8(4,5)7(2,3)10-6;1-4-5(2)7-8-6(4)3;1-4-6-8(3)5(9)7(4)2/h1-6H3;1-5H3;1-3H3;1-3H3. The number of oxime groups is 1. The van der Waals surface area contributed by atoms with Crippen LogP contribution in [0.3, 0.4) is 0 Å².